The second kappa shape index (κ2) is 7.23. The minimum absolute atomic E-state index is 0.0471. The van der Waals surface area contributed by atoms with Crippen LogP contribution < -0.4 is 10.1 Å². The van der Waals surface area contributed by atoms with Crippen molar-refractivity contribution in [3.05, 3.63) is 46.9 Å². The van der Waals surface area contributed by atoms with Crippen LogP contribution >= 0.6 is 11.6 Å². The molecule has 0 aliphatic carbocycles. The van der Waals surface area contributed by atoms with E-state index in [0.29, 0.717) is 5.02 Å². The fourth-order valence-electron chi connectivity index (χ4n) is 3.43. The molecule has 1 fully saturated rings. The van der Waals surface area contributed by atoms with Crippen molar-refractivity contribution in [2.45, 2.75) is 32.5 Å². The number of aryl methyl sites for hydroxylation is 1. The highest BCUT2D eigenvalue weighted by molar-refractivity contribution is 6.31. The maximum Gasteiger partial charge on any atom is 0.137 e. The Hall–Kier alpha value is -2.15. The number of hydrogen-bond acceptors (Lipinski definition) is 5. The second-order valence-electron chi connectivity index (χ2n) is 6.63. The Bertz CT molecular complexity index is 935. The number of ether oxygens (including phenoxy) is 1. The fourth-order valence-corrected chi connectivity index (χ4v) is 3.70. The number of nitrogens with one attached hydrogen (secondary N) is 1. The van der Waals surface area contributed by atoms with E-state index in [1.54, 1.807) is 10.7 Å². The number of halogens is 1. The van der Waals surface area contributed by atoms with Crippen molar-refractivity contribution in [1.82, 2.24) is 19.9 Å². The third-order valence-corrected chi connectivity index (χ3v) is 4.89. The summed E-state index contributed by atoms with van der Waals surface area (Å²) in [7, 11) is 0. The SMILES string of the molecule is Cc1cc(Cl)cc(-c2ncnn3cc(CO)cc23)c1O[C@H]1CCCNC1. The predicted molar refractivity (Wildman–Crippen MR) is 101 cm³/mol. The van der Waals surface area contributed by atoms with Gasteiger partial charge in [-0.1, -0.05) is 11.6 Å². The van der Waals surface area contributed by atoms with Crippen molar-refractivity contribution in [2.75, 3.05) is 13.1 Å². The van der Waals surface area contributed by atoms with E-state index in [9.17, 15) is 5.11 Å². The van der Waals surface area contributed by atoms with Crippen molar-refractivity contribution in [1.29, 1.82) is 0 Å². The second-order valence-corrected chi connectivity index (χ2v) is 7.07. The number of hydrogen-bond donors (Lipinski definition) is 2. The van der Waals surface area contributed by atoms with Crippen molar-refractivity contribution in [3.8, 4) is 17.0 Å². The van der Waals surface area contributed by atoms with E-state index in [2.05, 4.69) is 15.4 Å². The minimum Gasteiger partial charge on any atom is -0.488 e. The lowest BCUT2D eigenvalue weighted by Gasteiger charge is -2.26. The molecule has 1 atom stereocenters. The lowest BCUT2D eigenvalue weighted by atomic mass is 10.0. The maximum atomic E-state index is 9.44. The monoisotopic (exact) mass is 372 g/mol. The van der Waals surface area contributed by atoms with E-state index in [1.807, 2.05) is 25.1 Å². The molecule has 0 saturated carbocycles. The number of nitrogens with zero attached hydrogens (tertiary/aromatic N) is 3. The van der Waals surface area contributed by atoms with Gasteiger partial charge in [0.2, 0.25) is 0 Å². The quantitative estimate of drug-likeness (QED) is 0.736. The summed E-state index contributed by atoms with van der Waals surface area (Å²) in [5.41, 5.74) is 4.15. The molecule has 6 nitrogen and oxygen atoms in total. The Morgan fingerprint density at radius 1 is 1.38 bits per heavy atom. The van der Waals surface area contributed by atoms with Gasteiger partial charge >= 0.3 is 0 Å². The molecule has 0 radical (unpaired) electrons. The number of aliphatic hydroxyl groups excluding tert-OH is 1. The molecule has 1 aliphatic rings. The zero-order chi connectivity index (χ0) is 18.1. The first kappa shape index (κ1) is 17.3. The molecular formula is C19H21ClN4O2. The summed E-state index contributed by atoms with van der Waals surface area (Å²) in [6, 6.07) is 5.68. The van der Waals surface area contributed by atoms with Crippen LogP contribution in [0.3, 0.4) is 0 Å². The summed E-state index contributed by atoms with van der Waals surface area (Å²) < 4.78 is 8.09. The van der Waals surface area contributed by atoms with Crippen LogP contribution in [0.25, 0.3) is 16.8 Å². The normalized spacial score (nSPS) is 17.6. The average Bonchev–Trinajstić information content (AvgIpc) is 3.08. The van der Waals surface area contributed by atoms with Crippen LogP contribution in [0, 0.1) is 6.92 Å². The van der Waals surface area contributed by atoms with Crippen LogP contribution in [0.5, 0.6) is 5.75 Å². The van der Waals surface area contributed by atoms with Crippen molar-refractivity contribution < 1.29 is 9.84 Å². The molecule has 0 spiro atoms. The molecule has 3 heterocycles. The number of aromatic nitrogens is 3. The smallest absolute Gasteiger partial charge is 0.137 e. The highest BCUT2D eigenvalue weighted by Gasteiger charge is 2.21. The van der Waals surface area contributed by atoms with Crippen molar-refractivity contribution in [3.63, 3.8) is 0 Å². The van der Waals surface area contributed by atoms with E-state index in [4.69, 9.17) is 16.3 Å². The summed E-state index contributed by atoms with van der Waals surface area (Å²) in [6.07, 6.45) is 5.55. The molecule has 1 saturated heterocycles. The lowest BCUT2D eigenvalue weighted by Crippen LogP contribution is -2.37. The molecule has 0 unspecified atom stereocenters. The topological polar surface area (TPSA) is 71.7 Å². The Kier molecular flexibility index (Phi) is 4.80. The van der Waals surface area contributed by atoms with Gasteiger partial charge in [0.05, 0.1) is 12.1 Å². The van der Waals surface area contributed by atoms with Gasteiger partial charge in [0.1, 0.15) is 23.9 Å². The summed E-state index contributed by atoms with van der Waals surface area (Å²) in [5.74, 6) is 0.801. The number of fused-ring (bicyclic) bond motifs is 1. The fraction of sp³-hybridized carbons (Fsp3) is 0.368. The molecular weight excluding hydrogens is 352 g/mol. The zero-order valence-electron chi connectivity index (χ0n) is 14.6. The van der Waals surface area contributed by atoms with Gasteiger partial charge in [-0.15, -0.1) is 0 Å². The molecule has 7 heteroatoms. The molecule has 26 heavy (non-hydrogen) atoms. The molecule has 1 aromatic carbocycles. The Morgan fingerprint density at radius 3 is 3.04 bits per heavy atom. The van der Waals surface area contributed by atoms with E-state index in [0.717, 1.165) is 59.6 Å². The largest absolute Gasteiger partial charge is 0.488 e. The summed E-state index contributed by atoms with van der Waals surface area (Å²) in [5, 5.41) is 17.7. The molecule has 136 valence electrons. The van der Waals surface area contributed by atoms with Gasteiger partial charge in [0, 0.05) is 23.3 Å². The van der Waals surface area contributed by atoms with Gasteiger partial charge in [-0.25, -0.2) is 9.50 Å². The Labute approximate surface area is 156 Å². The number of rotatable bonds is 4. The van der Waals surface area contributed by atoms with Crippen LogP contribution in [0.15, 0.2) is 30.7 Å². The Balaban J connectivity index is 1.84. The highest BCUT2D eigenvalue weighted by Crippen LogP contribution is 2.38. The lowest BCUT2D eigenvalue weighted by molar-refractivity contribution is 0.167. The van der Waals surface area contributed by atoms with Crippen LogP contribution in [0.2, 0.25) is 5.02 Å². The molecule has 0 amide bonds. The number of benzene rings is 1. The maximum absolute atomic E-state index is 9.44. The van der Waals surface area contributed by atoms with Crippen molar-refractivity contribution in [2.24, 2.45) is 0 Å². The standard InChI is InChI=1S/C19H21ClN4O2/c1-12-5-14(20)7-16(19(12)26-15-3-2-4-21-8-15)18-17-6-13(10-25)9-24(17)23-11-22-18/h5-7,9,11,15,21,25H,2-4,8,10H2,1H3/t15-/m0/s1. The molecule has 4 rings (SSSR count). The predicted octanol–water partition coefficient (Wildman–Crippen LogP) is 2.98. The van der Waals surface area contributed by atoms with E-state index in [-0.39, 0.29) is 12.7 Å². The first-order chi connectivity index (χ1) is 12.7. The minimum atomic E-state index is -0.0471. The van der Waals surface area contributed by atoms with Gasteiger partial charge in [-0.05, 0) is 55.6 Å². The van der Waals surface area contributed by atoms with Crippen LogP contribution in [0.1, 0.15) is 24.0 Å². The number of piperidine rings is 1. The highest BCUT2D eigenvalue weighted by atomic mass is 35.5. The van der Waals surface area contributed by atoms with Gasteiger partial charge in [-0.3, -0.25) is 0 Å². The summed E-state index contributed by atoms with van der Waals surface area (Å²) >= 11 is 6.34. The first-order valence-electron chi connectivity index (χ1n) is 8.76. The zero-order valence-corrected chi connectivity index (χ0v) is 15.3. The summed E-state index contributed by atoms with van der Waals surface area (Å²) in [4.78, 5) is 4.49. The average molecular weight is 373 g/mol. The van der Waals surface area contributed by atoms with Gasteiger partial charge < -0.3 is 15.2 Å². The van der Waals surface area contributed by atoms with E-state index >= 15 is 0 Å². The molecule has 2 N–H and O–H groups in total. The van der Waals surface area contributed by atoms with E-state index < -0.39 is 0 Å². The third kappa shape index (κ3) is 3.28. The van der Waals surface area contributed by atoms with Crippen LogP contribution in [0.4, 0.5) is 0 Å². The Morgan fingerprint density at radius 2 is 2.27 bits per heavy atom. The van der Waals surface area contributed by atoms with Crippen molar-refractivity contribution >= 4 is 17.1 Å². The van der Waals surface area contributed by atoms with Crippen LogP contribution in [-0.2, 0) is 6.61 Å². The third-order valence-electron chi connectivity index (χ3n) is 4.68. The van der Waals surface area contributed by atoms with Crippen LogP contribution in [-0.4, -0.2) is 38.9 Å². The molecule has 3 aromatic rings. The van der Waals surface area contributed by atoms with Gasteiger partial charge in [0.25, 0.3) is 0 Å². The van der Waals surface area contributed by atoms with Gasteiger partial charge in [0.15, 0.2) is 0 Å². The molecule has 1 aliphatic heterocycles. The number of aliphatic hydroxyl groups is 1. The van der Waals surface area contributed by atoms with Gasteiger partial charge in [-0.2, -0.15) is 5.10 Å². The molecule has 0 bridgehead atoms. The van der Waals surface area contributed by atoms with E-state index in [1.165, 1.54) is 6.33 Å². The summed E-state index contributed by atoms with van der Waals surface area (Å²) in [6.45, 7) is 3.82. The molecule has 2 aromatic heterocycles. The first-order valence-corrected chi connectivity index (χ1v) is 9.14.